The molecule has 0 amide bonds. The van der Waals surface area contributed by atoms with Crippen molar-refractivity contribution in [3.8, 4) is 0 Å². The van der Waals surface area contributed by atoms with E-state index in [2.05, 4.69) is 0 Å². The number of fused-ring (bicyclic) bond motifs is 1. The molecule has 0 saturated carbocycles. The van der Waals surface area contributed by atoms with Gasteiger partial charge in [0.05, 0.1) is 6.26 Å². The van der Waals surface area contributed by atoms with Crippen LogP contribution in [0.25, 0.3) is 11.0 Å². The predicted molar refractivity (Wildman–Crippen MR) is 58.6 cm³/mol. The lowest BCUT2D eigenvalue weighted by Crippen LogP contribution is -1.93. The summed E-state index contributed by atoms with van der Waals surface area (Å²) in [4.78, 5) is 0.0449. The van der Waals surface area contributed by atoms with Gasteiger partial charge in [-0.25, -0.2) is 8.42 Å². The van der Waals surface area contributed by atoms with Crippen LogP contribution in [0.5, 0.6) is 0 Å². The Balaban J connectivity index is 2.86. The molecule has 0 aliphatic heterocycles. The number of benzene rings is 1. The van der Waals surface area contributed by atoms with Crippen molar-refractivity contribution in [3.05, 3.63) is 30.0 Å². The zero-order chi connectivity index (χ0) is 11.1. The molecule has 0 fully saturated rings. The molecular weight excluding hydrogens is 236 g/mol. The second kappa shape index (κ2) is 3.54. The molecule has 3 nitrogen and oxygen atoms in total. The van der Waals surface area contributed by atoms with E-state index in [1.165, 1.54) is 6.26 Å². The first-order valence-corrected chi connectivity index (χ1v) is 6.78. The van der Waals surface area contributed by atoms with Gasteiger partial charge in [-0.1, -0.05) is 6.92 Å². The van der Waals surface area contributed by atoms with Crippen LogP contribution >= 0.6 is 10.7 Å². The topological polar surface area (TPSA) is 47.3 Å². The highest BCUT2D eigenvalue weighted by atomic mass is 35.7. The Bertz CT molecular complexity index is 598. The maximum absolute atomic E-state index is 11.3. The highest BCUT2D eigenvalue weighted by Gasteiger charge is 2.17. The summed E-state index contributed by atoms with van der Waals surface area (Å²) in [6, 6.07) is 5.17. The van der Waals surface area contributed by atoms with E-state index in [0.29, 0.717) is 5.58 Å². The molecule has 0 saturated heterocycles. The first-order chi connectivity index (χ1) is 7.02. The fourth-order valence-electron chi connectivity index (χ4n) is 1.49. The Labute approximate surface area is 92.1 Å². The number of hydrogen-bond donors (Lipinski definition) is 0. The third kappa shape index (κ3) is 1.87. The average molecular weight is 245 g/mol. The Kier molecular flexibility index (Phi) is 2.48. The summed E-state index contributed by atoms with van der Waals surface area (Å²) in [6.45, 7) is 1.95. The largest absolute Gasteiger partial charge is 0.463 e. The van der Waals surface area contributed by atoms with Crippen LogP contribution in [0.15, 0.2) is 33.8 Å². The van der Waals surface area contributed by atoms with Gasteiger partial charge in [-0.15, -0.1) is 0 Å². The summed E-state index contributed by atoms with van der Waals surface area (Å²) in [7, 11) is 1.58. The molecule has 15 heavy (non-hydrogen) atoms. The zero-order valence-electron chi connectivity index (χ0n) is 8.03. The molecule has 2 rings (SSSR count). The van der Waals surface area contributed by atoms with Crippen LogP contribution in [-0.4, -0.2) is 8.42 Å². The average Bonchev–Trinajstić information content (AvgIpc) is 2.61. The van der Waals surface area contributed by atoms with Gasteiger partial charge in [-0.2, -0.15) is 0 Å². The summed E-state index contributed by atoms with van der Waals surface area (Å²) in [5.41, 5.74) is 1.24. The molecule has 2 aromatic rings. The number of furan rings is 1. The van der Waals surface area contributed by atoms with Crippen molar-refractivity contribution < 1.29 is 12.8 Å². The van der Waals surface area contributed by atoms with Crippen LogP contribution in [0.1, 0.15) is 12.5 Å². The first kappa shape index (κ1) is 10.5. The lowest BCUT2D eigenvalue weighted by molar-refractivity contribution is 0.593. The Morgan fingerprint density at radius 1 is 1.40 bits per heavy atom. The molecule has 0 radical (unpaired) electrons. The standard InChI is InChI=1S/C10H9ClO3S/c1-2-7-5-8-3-4-14-10(8)9(6-7)15(11,12)13/h3-6H,2H2,1H3. The second-order valence-electron chi connectivity index (χ2n) is 3.22. The third-order valence-corrected chi connectivity index (χ3v) is 3.58. The van der Waals surface area contributed by atoms with Crippen molar-refractivity contribution in [2.45, 2.75) is 18.2 Å². The minimum Gasteiger partial charge on any atom is -0.463 e. The van der Waals surface area contributed by atoms with Gasteiger partial charge in [-0.3, -0.25) is 0 Å². The fourth-order valence-corrected chi connectivity index (χ4v) is 2.52. The van der Waals surface area contributed by atoms with Gasteiger partial charge in [0.15, 0.2) is 5.58 Å². The quantitative estimate of drug-likeness (QED) is 0.763. The highest BCUT2D eigenvalue weighted by molar-refractivity contribution is 8.13. The summed E-state index contributed by atoms with van der Waals surface area (Å²) in [5, 5.41) is 0.758. The third-order valence-electron chi connectivity index (χ3n) is 2.25. The SMILES string of the molecule is CCc1cc(S(=O)(=O)Cl)c2occc2c1. The van der Waals surface area contributed by atoms with Crippen molar-refractivity contribution in [2.75, 3.05) is 0 Å². The van der Waals surface area contributed by atoms with Crippen LogP contribution < -0.4 is 0 Å². The molecule has 0 N–H and O–H groups in total. The minimum absolute atomic E-state index is 0.0449. The van der Waals surface area contributed by atoms with Crippen LogP contribution in [0.4, 0.5) is 0 Å². The van der Waals surface area contributed by atoms with Crippen molar-refractivity contribution in [1.29, 1.82) is 0 Å². The molecule has 80 valence electrons. The molecule has 0 spiro atoms. The van der Waals surface area contributed by atoms with E-state index in [-0.39, 0.29) is 4.90 Å². The number of aryl methyl sites for hydroxylation is 1. The molecule has 0 atom stereocenters. The maximum atomic E-state index is 11.3. The predicted octanol–water partition coefficient (Wildman–Crippen LogP) is 2.92. The zero-order valence-corrected chi connectivity index (χ0v) is 9.60. The van der Waals surface area contributed by atoms with Gasteiger partial charge >= 0.3 is 0 Å². The summed E-state index contributed by atoms with van der Waals surface area (Å²) in [6.07, 6.45) is 2.20. The minimum atomic E-state index is -3.75. The second-order valence-corrected chi connectivity index (χ2v) is 5.76. The van der Waals surface area contributed by atoms with Crippen LogP contribution in [0.2, 0.25) is 0 Å². The summed E-state index contributed by atoms with van der Waals surface area (Å²) in [5.74, 6) is 0. The van der Waals surface area contributed by atoms with Crippen LogP contribution in [0, 0.1) is 0 Å². The van der Waals surface area contributed by atoms with Crippen molar-refractivity contribution in [3.63, 3.8) is 0 Å². The van der Waals surface area contributed by atoms with E-state index in [4.69, 9.17) is 15.1 Å². The molecular formula is C10H9ClO3S. The van der Waals surface area contributed by atoms with Crippen molar-refractivity contribution in [1.82, 2.24) is 0 Å². The molecule has 0 aliphatic carbocycles. The normalized spacial score (nSPS) is 12.1. The van der Waals surface area contributed by atoms with Gasteiger partial charge in [0.25, 0.3) is 9.05 Å². The molecule has 0 aliphatic rings. The number of hydrogen-bond acceptors (Lipinski definition) is 3. The van der Waals surface area contributed by atoms with Gasteiger partial charge in [0.1, 0.15) is 4.90 Å². The number of halogens is 1. The van der Waals surface area contributed by atoms with E-state index in [0.717, 1.165) is 17.4 Å². The monoisotopic (exact) mass is 244 g/mol. The molecule has 5 heteroatoms. The van der Waals surface area contributed by atoms with E-state index in [9.17, 15) is 8.42 Å². The fraction of sp³-hybridized carbons (Fsp3) is 0.200. The Morgan fingerprint density at radius 2 is 2.13 bits per heavy atom. The van der Waals surface area contributed by atoms with E-state index < -0.39 is 9.05 Å². The van der Waals surface area contributed by atoms with Gasteiger partial charge in [0, 0.05) is 16.1 Å². The highest BCUT2D eigenvalue weighted by Crippen LogP contribution is 2.28. The van der Waals surface area contributed by atoms with E-state index in [1.807, 2.05) is 13.0 Å². The molecule has 0 bridgehead atoms. The molecule has 0 unspecified atom stereocenters. The summed E-state index contributed by atoms with van der Waals surface area (Å²) >= 11 is 0. The maximum Gasteiger partial charge on any atom is 0.265 e. The molecule has 1 heterocycles. The van der Waals surface area contributed by atoms with Crippen LogP contribution in [-0.2, 0) is 15.5 Å². The number of rotatable bonds is 2. The molecule has 1 aromatic carbocycles. The van der Waals surface area contributed by atoms with Gasteiger partial charge < -0.3 is 4.42 Å². The lowest BCUT2D eigenvalue weighted by Gasteiger charge is -2.01. The summed E-state index contributed by atoms with van der Waals surface area (Å²) < 4.78 is 27.7. The van der Waals surface area contributed by atoms with Crippen molar-refractivity contribution >= 4 is 30.7 Å². The van der Waals surface area contributed by atoms with Crippen LogP contribution in [0.3, 0.4) is 0 Å². The lowest BCUT2D eigenvalue weighted by atomic mass is 10.1. The smallest absolute Gasteiger partial charge is 0.265 e. The van der Waals surface area contributed by atoms with E-state index in [1.54, 1.807) is 12.1 Å². The first-order valence-electron chi connectivity index (χ1n) is 4.47. The Hall–Kier alpha value is -1.00. The molecule has 1 aromatic heterocycles. The van der Waals surface area contributed by atoms with Crippen molar-refractivity contribution in [2.24, 2.45) is 0 Å². The van der Waals surface area contributed by atoms with E-state index >= 15 is 0 Å². The Morgan fingerprint density at radius 3 is 2.73 bits per heavy atom. The van der Waals surface area contributed by atoms with Gasteiger partial charge in [0.2, 0.25) is 0 Å². The van der Waals surface area contributed by atoms with Gasteiger partial charge in [-0.05, 0) is 30.2 Å².